The molecule has 20 nitrogen and oxygen atoms in total. The van der Waals surface area contributed by atoms with Gasteiger partial charge in [0.25, 0.3) is 0 Å². The predicted octanol–water partition coefficient (Wildman–Crippen LogP) is -0.744. The molecule has 20 heteroatoms. The number of H-pyrrole nitrogens is 2. The zero-order valence-corrected chi connectivity index (χ0v) is 32.9. The number of amides is 6. The number of hydrogen-bond acceptors (Lipinski definition) is 10. The monoisotopic (exact) mass is 831 g/mol. The SMILES string of the molecule is CC(C)[C@@H](C=O)NC(=O)[C@H](CCC(=O)O)NC(=O)[C@H](Cc1c[nH]c2ccccc12)NC(=O)[C@H](CC(N)=O)NC(=O)[C@H](Cc1c[nH]c2ccccc12)NC(=O)[C@@H](N)CC(=O)O. The second kappa shape index (κ2) is 21.1. The van der Waals surface area contributed by atoms with Crippen molar-refractivity contribution >= 4 is 75.5 Å². The van der Waals surface area contributed by atoms with Crippen molar-refractivity contribution in [3.63, 3.8) is 0 Å². The van der Waals surface area contributed by atoms with E-state index < -0.39 is 103 Å². The summed E-state index contributed by atoms with van der Waals surface area (Å²) in [6, 6.07) is 5.40. The quantitative estimate of drug-likeness (QED) is 0.0412. The summed E-state index contributed by atoms with van der Waals surface area (Å²) in [6.45, 7) is 3.34. The third-order valence-corrected chi connectivity index (χ3v) is 9.69. The number of carbonyl (C=O) groups excluding carboxylic acids is 7. The first kappa shape index (κ1) is 45.6. The van der Waals surface area contributed by atoms with Crippen molar-refractivity contribution < 1.29 is 53.4 Å². The average molecular weight is 832 g/mol. The number of aromatic nitrogens is 2. The van der Waals surface area contributed by atoms with Gasteiger partial charge in [0.15, 0.2) is 0 Å². The zero-order chi connectivity index (χ0) is 44.1. The second-order valence-electron chi connectivity index (χ2n) is 14.6. The maximum Gasteiger partial charge on any atom is 0.305 e. The van der Waals surface area contributed by atoms with Gasteiger partial charge in [-0.2, -0.15) is 0 Å². The molecule has 4 aromatic rings. The number of fused-ring (bicyclic) bond motifs is 2. The maximum atomic E-state index is 14.1. The van der Waals surface area contributed by atoms with Gasteiger partial charge in [-0.05, 0) is 35.6 Å². The lowest BCUT2D eigenvalue weighted by Gasteiger charge is -2.27. The Kier molecular flexibility index (Phi) is 16.0. The molecule has 13 N–H and O–H groups in total. The molecule has 0 aliphatic carbocycles. The van der Waals surface area contributed by atoms with Crippen LogP contribution in [0.1, 0.15) is 50.7 Å². The van der Waals surface area contributed by atoms with Crippen LogP contribution in [0.25, 0.3) is 21.8 Å². The Bertz CT molecular complexity index is 2230. The molecule has 6 amide bonds. The van der Waals surface area contributed by atoms with Crippen molar-refractivity contribution in [1.29, 1.82) is 0 Å². The van der Waals surface area contributed by atoms with Crippen LogP contribution < -0.4 is 38.1 Å². The van der Waals surface area contributed by atoms with Crippen LogP contribution in [0, 0.1) is 5.92 Å². The number of aldehydes is 1. The van der Waals surface area contributed by atoms with Crippen LogP contribution in [0.15, 0.2) is 60.9 Å². The van der Waals surface area contributed by atoms with E-state index in [9.17, 15) is 53.4 Å². The molecule has 0 saturated carbocycles. The molecule has 0 aliphatic rings. The number of para-hydroxylation sites is 2. The number of aromatic amines is 2. The number of carboxylic acids is 2. The van der Waals surface area contributed by atoms with Crippen LogP contribution in [0.4, 0.5) is 0 Å². The summed E-state index contributed by atoms with van der Waals surface area (Å²) in [7, 11) is 0. The van der Waals surface area contributed by atoms with Gasteiger partial charge in [-0.3, -0.25) is 38.4 Å². The molecule has 6 atom stereocenters. The standard InChI is InChI=1S/C40H49N9O11/c1-20(2)32(19-50)49-37(57)28(11-12-34(52)53)45-38(58)30(14-22-18-44-27-10-6-4-8-24(22)27)47-40(60)31(16-33(42)51)48-39(59)29(46-36(56)25(41)15-35(54)55)13-21-17-43-26-9-5-3-7-23(21)26/h3-10,17-20,25,28-32,43-44H,11-16,41H2,1-2H3,(H2,42,51)(H,45,58)(H,46,56)(H,47,60)(H,48,59)(H,49,57)(H,52,53)(H,54,55)/t25-,28-,29-,30-,31-,32+/m0/s1. The molecule has 0 fully saturated rings. The average Bonchev–Trinajstić information content (AvgIpc) is 3.80. The number of hydrogen-bond donors (Lipinski definition) is 11. The molecule has 0 saturated heterocycles. The number of benzene rings is 2. The minimum absolute atomic E-state index is 0.181. The van der Waals surface area contributed by atoms with Crippen molar-refractivity contribution in [2.24, 2.45) is 17.4 Å². The summed E-state index contributed by atoms with van der Waals surface area (Å²) in [6.07, 6.45) is 0.841. The van der Waals surface area contributed by atoms with Gasteiger partial charge in [0, 0.05) is 53.5 Å². The minimum atomic E-state index is -1.74. The van der Waals surface area contributed by atoms with E-state index in [1.165, 1.54) is 0 Å². The first-order chi connectivity index (χ1) is 28.5. The van der Waals surface area contributed by atoms with Crippen LogP contribution in [0.3, 0.4) is 0 Å². The molecule has 0 spiro atoms. The minimum Gasteiger partial charge on any atom is -0.481 e. The highest BCUT2D eigenvalue weighted by atomic mass is 16.4. The zero-order valence-electron chi connectivity index (χ0n) is 32.9. The second-order valence-corrected chi connectivity index (χ2v) is 14.6. The fourth-order valence-corrected chi connectivity index (χ4v) is 6.41. The summed E-state index contributed by atoms with van der Waals surface area (Å²) in [5.41, 5.74) is 13.8. The number of carboxylic acid groups (broad SMARTS) is 2. The van der Waals surface area contributed by atoms with Gasteiger partial charge in [0.1, 0.15) is 30.5 Å². The normalized spacial score (nSPS) is 14.2. The molecule has 0 unspecified atom stereocenters. The van der Waals surface area contributed by atoms with Gasteiger partial charge >= 0.3 is 11.9 Å². The van der Waals surface area contributed by atoms with Crippen LogP contribution in [0.2, 0.25) is 0 Å². The number of aliphatic carboxylic acids is 2. The lowest BCUT2D eigenvalue weighted by molar-refractivity contribution is -0.140. The Balaban J connectivity index is 1.65. The molecule has 0 radical (unpaired) electrons. The molecule has 4 rings (SSSR count). The molecule has 2 heterocycles. The Hall–Kier alpha value is -7.09. The largest absolute Gasteiger partial charge is 0.481 e. The lowest BCUT2D eigenvalue weighted by atomic mass is 10.0. The summed E-state index contributed by atoms with van der Waals surface area (Å²) in [5.74, 6) is -8.86. The van der Waals surface area contributed by atoms with Crippen LogP contribution in [-0.2, 0) is 56.0 Å². The Labute approximate surface area is 343 Å². The number of nitrogens with one attached hydrogen (secondary N) is 7. The molecule has 2 aromatic carbocycles. The van der Waals surface area contributed by atoms with Gasteiger partial charge < -0.3 is 63.0 Å². The molecule has 0 bridgehead atoms. The summed E-state index contributed by atoms with van der Waals surface area (Å²) in [4.78, 5) is 121. The van der Waals surface area contributed by atoms with Crippen molar-refractivity contribution in [3.05, 3.63) is 72.1 Å². The fraction of sp³-hybridized carbons (Fsp3) is 0.375. The van der Waals surface area contributed by atoms with E-state index in [-0.39, 0.29) is 25.2 Å². The van der Waals surface area contributed by atoms with Gasteiger partial charge in [0.05, 0.1) is 24.9 Å². The third-order valence-electron chi connectivity index (χ3n) is 9.69. The lowest BCUT2D eigenvalue weighted by Crippen LogP contribution is -2.60. The molecular weight excluding hydrogens is 782 g/mol. The van der Waals surface area contributed by atoms with Crippen LogP contribution in [-0.4, -0.2) is 110 Å². The van der Waals surface area contributed by atoms with E-state index in [4.69, 9.17) is 11.5 Å². The molecule has 60 heavy (non-hydrogen) atoms. The van der Waals surface area contributed by atoms with E-state index in [1.54, 1.807) is 74.8 Å². The molecule has 0 aliphatic heterocycles. The number of nitrogens with two attached hydrogens (primary N) is 2. The number of rotatable bonds is 23. The topological polar surface area (TPSA) is 338 Å². The summed E-state index contributed by atoms with van der Waals surface area (Å²) in [5, 5.41) is 32.3. The number of primary amides is 1. The smallest absolute Gasteiger partial charge is 0.305 e. The number of carbonyl (C=O) groups is 9. The van der Waals surface area contributed by atoms with E-state index in [2.05, 4.69) is 36.6 Å². The van der Waals surface area contributed by atoms with Gasteiger partial charge in [-0.1, -0.05) is 50.2 Å². The maximum absolute atomic E-state index is 14.1. The van der Waals surface area contributed by atoms with Crippen LogP contribution >= 0.6 is 0 Å². The summed E-state index contributed by atoms with van der Waals surface area (Å²) < 4.78 is 0. The van der Waals surface area contributed by atoms with Crippen molar-refractivity contribution in [2.75, 3.05) is 0 Å². The van der Waals surface area contributed by atoms with Gasteiger partial charge in [0.2, 0.25) is 35.4 Å². The highest BCUT2D eigenvalue weighted by Gasteiger charge is 2.34. The van der Waals surface area contributed by atoms with E-state index in [1.807, 2.05) is 0 Å². The van der Waals surface area contributed by atoms with Crippen molar-refractivity contribution in [2.45, 2.75) is 88.6 Å². The molecule has 320 valence electrons. The predicted molar refractivity (Wildman–Crippen MR) is 215 cm³/mol. The Morgan fingerprint density at radius 3 is 1.55 bits per heavy atom. The van der Waals surface area contributed by atoms with Crippen molar-refractivity contribution in [1.82, 2.24) is 36.6 Å². The highest BCUT2D eigenvalue weighted by molar-refractivity contribution is 5.99. The Morgan fingerprint density at radius 2 is 1.08 bits per heavy atom. The molecular formula is C40H49N9O11. The van der Waals surface area contributed by atoms with Crippen molar-refractivity contribution in [3.8, 4) is 0 Å². The third kappa shape index (κ3) is 12.7. The van der Waals surface area contributed by atoms with E-state index >= 15 is 0 Å². The molecule has 2 aromatic heterocycles. The summed E-state index contributed by atoms with van der Waals surface area (Å²) >= 11 is 0. The van der Waals surface area contributed by atoms with E-state index in [0.29, 0.717) is 39.2 Å². The van der Waals surface area contributed by atoms with E-state index in [0.717, 1.165) is 0 Å². The Morgan fingerprint density at radius 1 is 0.633 bits per heavy atom. The van der Waals surface area contributed by atoms with Gasteiger partial charge in [-0.15, -0.1) is 0 Å². The first-order valence-electron chi connectivity index (χ1n) is 19.0. The highest BCUT2D eigenvalue weighted by Crippen LogP contribution is 2.21. The van der Waals surface area contributed by atoms with Crippen LogP contribution in [0.5, 0.6) is 0 Å². The fourth-order valence-electron chi connectivity index (χ4n) is 6.41. The van der Waals surface area contributed by atoms with Gasteiger partial charge in [-0.25, -0.2) is 0 Å². The first-order valence-corrected chi connectivity index (χ1v) is 19.0.